The molecule has 1 atom stereocenters. The number of aliphatic hydroxyl groups is 1. The maximum atomic E-state index is 13.2. The summed E-state index contributed by atoms with van der Waals surface area (Å²) in [6.45, 7) is 1.58. The first-order valence-corrected chi connectivity index (χ1v) is 7.06. The highest BCUT2D eigenvalue weighted by molar-refractivity contribution is 5.94. The molecule has 0 bridgehead atoms. The Morgan fingerprint density at radius 1 is 1.17 bits per heavy atom. The summed E-state index contributed by atoms with van der Waals surface area (Å²) >= 11 is 0. The molecule has 0 aromatic heterocycles. The van der Waals surface area contributed by atoms with Gasteiger partial charge in [-0.1, -0.05) is 0 Å². The Bertz CT molecular complexity index is 654. The zero-order chi connectivity index (χ0) is 16.8. The number of benzene rings is 2. The third kappa shape index (κ3) is 5.34. The molecule has 2 aromatic carbocycles. The molecule has 4 nitrogen and oxygen atoms in total. The lowest BCUT2D eigenvalue weighted by atomic mass is 10.1. The molecule has 2 N–H and O–H groups in total. The van der Waals surface area contributed by atoms with E-state index in [-0.39, 0.29) is 24.5 Å². The van der Waals surface area contributed by atoms with Crippen molar-refractivity contribution in [2.45, 2.75) is 13.0 Å². The topological polar surface area (TPSA) is 58.6 Å². The average molecular weight is 321 g/mol. The van der Waals surface area contributed by atoms with Gasteiger partial charge in [-0.15, -0.1) is 0 Å². The van der Waals surface area contributed by atoms with E-state index in [9.17, 15) is 18.7 Å². The van der Waals surface area contributed by atoms with Crippen LogP contribution in [0.3, 0.4) is 0 Å². The summed E-state index contributed by atoms with van der Waals surface area (Å²) in [5, 5.41) is 12.3. The lowest BCUT2D eigenvalue weighted by molar-refractivity contribution is 0.0843. The summed E-state index contributed by atoms with van der Waals surface area (Å²) in [6, 6.07) is 9.38. The van der Waals surface area contributed by atoms with Gasteiger partial charge in [0, 0.05) is 12.1 Å². The second-order valence-corrected chi connectivity index (χ2v) is 5.15. The summed E-state index contributed by atoms with van der Waals surface area (Å²) in [5.41, 5.74) is 0.824. The minimum absolute atomic E-state index is 0.0460. The van der Waals surface area contributed by atoms with E-state index in [0.29, 0.717) is 11.3 Å². The molecule has 0 aliphatic heterocycles. The number of aryl methyl sites for hydroxylation is 1. The second-order valence-electron chi connectivity index (χ2n) is 5.15. The van der Waals surface area contributed by atoms with Gasteiger partial charge < -0.3 is 15.2 Å². The third-order valence-electron chi connectivity index (χ3n) is 3.06. The molecule has 122 valence electrons. The van der Waals surface area contributed by atoms with Crippen LogP contribution >= 0.6 is 0 Å². The summed E-state index contributed by atoms with van der Waals surface area (Å²) < 4.78 is 31.3. The molecular formula is C17H17F2NO3. The molecule has 0 fully saturated rings. The zero-order valence-corrected chi connectivity index (χ0v) is 12.6. The molecule has 6 heteroatoms. The Morgan fingerprint density at radius 3 is 2.52 bits per heavy atom. The van der Waals surface area contributed by atoms with Crippen molar-refractivity contribution < 1.29 is 23.4 Å². The molecule has 23 heavy (non-hydrogen) atoms. The number of amides is 1. The largest absolute Gasteiger partial charge is 0.491 e. The maximum absolute atomic E-state index is 13.2. The van der Waals surface area contributed by atoms with E-state index in [1.54, 1.807) is 13.0 Å². The van der Waals surface area contributed by atoms with Gasteiger partial charge in [-0.2, -0.15) is 0 Å². The van der Waals surface area contributed by atoms with Gasteiger partial charge in [-0.3, -0.25) is 4.79 Å². The Balaban J connectivity index is 1.80. The van der Waals surface area contributed by atoms with Crippen molar-refractivity contribution in [2.24, 2.45) is 0 Å². The molecule has 0 aliphatic rings. The number of hydrogen-bond donors (Lipinski definition) is 2. The molecule has 1 amide bonds. The van der Waals surface area contributed by atoms with Crippen molar-refractivity contribution in [3.8, 4) is 5.75 Å². The van der Waals surface area contributed by atoms with E-state index in [1.165, 1.54) is 30.3 Å². The minimum atomic E-state index is -0.946. The van der Waals surface area contributed by atoms with Crippen molar-refractivity contribution >= 4 is 5.91 Å². The van der Waals surface area contributed by atoms with Gasteiger partial charge in [-0.25, -0.2) is 8.78 Å². The summed E-state index contributed by atoms with van der Waals surface area (Å²) in [7, 11) is 0. The van der Waals surface area contributed by atoms with Crippen LogP contribution in [-0.2, 0) is 0 Å². The van der Waals surface area contributed by atoms with E-state index >= 15 is 0 Å². The predicted octanol–water partition coefficient (Wildman–Crippen LogP) is 2.44. The number of carbonyl (C=O) groups is 1. The normalized spacial score (nSPS) is 11.8. The quantitative estimate of drug-likeness (QED) is 0.859. The Morgan fingerprint density at radius 2 is 1.87 bits per heavy atom. The van der Waals surface area contributed by atoms with Crippen LogP contribution in [0.5, 0.6) is 5.75 Å². The Kier molecular flexibility index (Phi) is 5.65. The highest BCUT2D eigenvalue weighted by Crippen LogP contribution is 2.11. The van der Waals surface area contributed by atoms with Gasteiger partial charge in [0.15, 0.2) is 0 Å². The van der Waals surface area contributed by atoms with E-state index in [0.717, 1.165) is 6.07 Å². The Hall–Kier alpha value is -2.47. The van der Waals surface area contributed by atoms with Crippen LogP contribution in [0.25, 0.3) is 0 Å². The van der Waals surface area contributed by atoms with Crippen LogP contribution in [0.2, 0.25) is 0 Å². The third-order valence-corrected chi connectivity index (χ3v) is 3.06. The monoisotopic (exact) mass is 321 g/mol. The van der Waals surface area contributed by atoms with Crippen molar-refractivity contribution in [3.05, 3.63) is 65.2 Å². The molecule has 0 saturated heterocycles. The molecule has 0 aliphatic carbocycles. The van der Waals surface area contributed by atoms with Crippen LogP contribution in [0.15, 0.2) is 42.5 Å². The maximum Gasteiger partial charge on any atom is 0.251 e. The van der Waals surface area contributed by atoms with E-state index in [1.807, 2.05) is 0 Å². The lowest BCUT2D eigenvalue weighted by Crippen LogP contribution is -2.35. The summed E-state index contributed by atoms with van der Waals surface area (Å²) in [4.78, 5) is 11.9. The number of hydrogen-bond acceptors (Lipinski definition) is 3. The zero-order valence-electron chi connectivity index (χ0n) is 12.6. The lowest BCUT2D eigenvalue weighted by Gasteiger charge is -2.13. The van der Waals surface area contributed by atoms with Crippen LogP contribution in [0.1, 0.15) is 15.9 Å². The smallest absolute Gasteiger partial charge is 0.251 e. The number of carbonyl (C=O) groups excluding carboxylic acids is 1. The fourth-order valence-corrected chi connectivity index (χ4v) is 1.96. The van der Waals surface area contributed by atoms with Gasteiger partial charge in [0.1, 0.15) is 30.1 Å². The van der Waals surface area contributed by atoms with E-state index in [2.05, 4.69) is 5.32 Å². The van der Waals surface area contributed by atoms with E-state index < -0.39 is 17.8 Å². The first-order valence-electron chi connectivity index (χ1n) is 7.06. The molecule has 0 radical (unpaired) electrons. The Labute approximate surface area is 132 Å². The summed E-state index contributed by atoms with van der Waals surface area (Å²) in [5.74, 6) is -0.933. The molecule has 0 spiro atoms. The molecule has 0 saturated carbocycles. The SMILES string of the molecule is Cc1cc(F)cc(C(=O)NCC(O)COc2ccc(F)cc2)c1. The second kappa shape index (κ2) is 7.69. The van der Waals surface area contributed by atoms with Crippen LogP contribution < -0.4 is 10.1 Å². The van der Waals surface area contributed by atoms with Crippen molar-refractivity contribution in [3.63, 3.8) is 0 Å². The molecule has 1 unspecified atom stereocenters. The number of rotatable bonds is 6. The first-order chi connectivity index (χ1) is 10.9. The highest BCUT2D eigenvalue weighted by Gasteiger charge is 2.11. The fraction of sp³-hybridized carbons (Fsp3) is 0.235. The van der Waals surface area contributed by atoms with Gasteiger partial charge in [0.25, 0.3) is 5.91 Å². The van der Waals surface area contributed by atoms with Gasteiger partial charge >= 0.3 is 0 Å². The number of aliphatic hydroxyl groups excluding tert-OH is 1. The minimum Gasteiger partial charge on any atom is -0.491 e. The van der Waals surface area contributed by atoms with Crippen LogP contribution in [-0.4, -0.2) is 30.3 Å². The van der Waals surface area contributed by atoms with Crippen molar-refractivity contribution in [1.29, 1.82) is 0 Å². The number of ether oxygens (including phenoxy) is 1. The molecule has 0 heterocycles. The van der Waals surface area contributed by atoms with E-state index in [4.69, 9.17) is 4.74 Å². The average Bonchev–Trinajstić information content (AvgIpc) is 2.51. The number of halogens is 2. The van der Waals surface area contributed by atoms with Crippen LogP contribution in [0, 0.1) is 18.6 Å². The summed E-state index contributed by atoms with van der Waals surface area (Å²) in [6.07, 6.45) is -0.946. The fourth-order valence-electron chi connectivity index (χ4n) is 1.96. The predicted molar refractivity (Wildman–Crippen MR) is 81.4 cm³/mol. The molecular weight excluding hydrogens is 304 g/mol. The molecule has 2 aromatic rings. The van der Waals surface area contributed by atoms with Crippen LogP contribution in [0.4, 0.5) is 8.78 Å². The number of nitrogens with one attached hydrogen (secondary N) is 1. The van der Waals surface area contributed by atoms with Gasteiger partial charge in [0.2, 0.25) is 0 Å². The van der Waals surface area contributed by atoms with Gasteiger partial charge in [0.05, 0.1) is 0 Å². The van der Waals surface area contributed by atoms with Crippen molar-refractivity contribution in [1.82, 2.24) is 5.32 Å². The first kappa shape index (κ1) is 16.9. The standard InChI is InChI=1S/C17H17F2NO3/c1-11-6-12(8-14(19)7-11)17(22)20-9-15(21)10-23-16-4-2-13(18)3-5-16/h2-8,15,21H,9-10H2,1H3,(H,20,22). The highest BCUT2D eigenvalue weighted by atomic mass is 19.1. The molecule has 2 rings (SSSR count). The van der Waals surface area contributed by atoms with Crippen molar-refractivity contribution in [2.75, 3.05) is 13.2 Å². The van der Waals surface area contributed by atoms with Gasteiger partial charge in [-0.05, 0) is 55.0 Å².